The Labute approximate surface area is 197 Å². The lowest BCUT2D eigenvalue weighted by Gasteiger charge is -2.66. The number of hydrogen-bond acceptors (Lipinski definition) is 8. The van der Waals surface area contributed by atoms with Crippen molar-refractivity contribution in [3.63, 3.8) is 0 Å². The van der Waals surface area contributed by atoms with Crippen molar-refractivity contribution >= 4 is 29.1 Å². The van der Waals surface area contributed by atoms with Gasteiger partial charge in [-0.25, -0.2) is 0 Å². The Bertz CT molecular complexity index is 933. The highest BCUT2D eigenvalue weighted by molar-refractivity contribution is 6.26. The first-order valence-corrected chi connectivity index (χ1v) is 11.9. The topological polar surface area (TPSA) is 141 Å². The number of Topliss-reactive ketones (excluding diaryl/α,β-unsaturated/α-hetero) is 1. The van der Waals surface area contributed by atoms with Crippen LogP contribution in [0.5, 0.6) is 0 Å². The second kappa shape index (κ2) is 7.59. The van der Waals surface area contributed by atoms with Gasteiger partial charge in [0.1, 0.15) is 11.7 Å². The molecule has 0 aromatic carbocycles. The monoisotopic (exact) mass is 484 g/mol. The molecule has 4 N–H and O–H groups in total. The minimum atomic E-state index is -1.92. The van der Waals surface area contributed by atoms with Crippen molar-refractivity contribution in [3.05, 3.63) is 11.6 Å². The lowest BCUT2D eigenvalue weighted by molar-refractivity contribution is -0.204. The van der Waals surface area contributed by atoms with E-state index in [2.05, 4.69) is 0 Å². The van der Waals surface area contributed by atoms with E-state index < -0.39 is 75.7 Å². The third-order valence-electron chi connectivity index (χ3n) is 9.54. The van der Waals surface area contributed by atoms with Crippen molar-refractivity contribution in [2.75, 3.05) is 6.61 Å². The van der Waals surface area contributed by atoms with Crippen LogP contribution in [0.2, 0.25) is 0 Å². The molecule has 10 atom stereocenters. The van der Waals surface area contributed by atoms with Crippen LogP contribution in [-0.4, -0.2) is 73.4 Å². The molecule has 0 aromatic rings. The van der Waals surface area contributed by atoms with Gasteiger partial charge in [0.25, 0.3) is 0 Å². The van der Waals surface area contributed by atoms with Gasteiger partial charge in [0, 0.05) is 30.1 Å². The molecule has 0 spiro atoms. The SMILES string of the molecule is CC(=O)OCC(=O)[C@@]1(O)[C@@H](C)C[C@H]2[C@@H]3[C@H](O)[C@@H](O)C4=CC(=O)CC[C@]4(C)[C@@]3(Cl)[C@@H](O)C[C@@]21C. The van der Waals surface area contributed by atoms with Crippen LogP contribution in [0.4, 0.5) is 0 Å². The van der Waals surface area contributed by atoms with Gasteiger partial charge >= 0.3 is 5.97 Å². The molecule has 0 amide bonds. The molecule has 8 nitrogen and oxygen atoms in total. The molecule has 0 aliphatic heterocycles. The van der Waals surface area contributed by atoms with Crippen molar-refractivity contribution < 1.29 is 39.5 Å². The number of carbonyl (C=O) groups excluding carboxylic acids is 3. The van der Waals surface area contributed by atoms with E-state index in [0.29, 0.717) is 18.4 Å². The van der Waals surface area contributed by atoms with Gasteiger partial charge in [-0.05, 0) is 42.7 Å². The Kier molecular flexibility index (Phi) is 5.70. The molecule has 9 heteroatoms. The summed E-state index contributed by atoms with van der Waals surface area (Å²) in [6.07, 6.45) is -1.84. The molecule has 0 unspecified atom stereocenters. The predicted octanol–water partition coefficient (Wildman–Crippen LogP) is 0.901. The van der Waals surface area contributed by atoms with Crippen molar-refractivity contribution in [1.29, 1.82) is 0 Å². The molecule has 33 heavy (non-hydrogen) atoms. The third-order valence-corrected chi connectivity index (χ3v) is 10.5. The van der Waals surface area contributed by atoms with E-state index in [0.717, 1.165) is 0 Å². The molecule has 0 aromatic heterocycles. The van der Waals surface area contributed by atoms with E-state index in [4.69, 9.17) is 16.3 Å². The van der Waals surface area contributed by atoms with Crippen molar-refractivity contribution in [2.24, 2.45) is 28.6 Å². The van der Waals surface area contributed by atoms with Crippen LogP contribution in [0.25, 0.3) is 0 Å². The van der Waals surface area contributed by atoms with Crippen LogP contribution in [0, 0.1) is 28.6 Å². The zero-order chi connectivity index (χ0) is 24.7. The van der Waals surface area contributed by atoms with Gasteiger partial charge in [0.15, 0.2) is 12.4 Å². The number of hydrogen-bond donors (Lipinski definition) is 4. The molecule has 4 aliphatic carbocycles. The van der Waals surface area contributed by atoms with Crippen LogP contribution >= 0.6 is 11.6 Å². The standard InChI is InChI=1S/C24H33ClO8/c1-11-7-14-18-20(31)19(30)15-8-13(27)5-6-21(15,3)23(18,25)16(28)9-22(14,4)24(11,32)17(29)10-33-12(2)26/h8,11,14,16,18-20,28,30-32H,5-7,9-10H2,1-4H3/t11-,14-,16-,18+,19-,20-,21-,22-,23+,24-/m0/s1. The van der Waals surface area contributed by atoms with Crippen LogP contribution in [0.15, 0.2) is 11.6 Å². The molecule has 4 aliphatic rings. The highest BCUT2D eigenvalue weighted by Gasteiger charge is 2.77. The maximum atomic E-state index is 13.2. The number of ketones is 2. The number of rotatable bonds is 3. The number of halogens is 1. The van der Waals surface area contributed by atoms with Crippen LogP contribution in [-0.2, 0) is 19.1 Å². The largest absolute Gasteiger partial charge is 0.458 e. The van der Waals surface area contributed by atoms with E-state index in [1.165, 1.54) is 13.0 Å². The van der Waals surface area contributed by atoms with Gasteiger partial charge < -0.3 is 25.2 Å². The summed E-state index contributed by atoms with van der Waals surface area (Å²) in [6, 6.07) is 0. The van der Waals surface area contributed by atoms with Gasteiger partial charge in [0.2, 0.25) is 5.78 Å². The van der Waals surface area contributed by atoms with Gasteiger partial charge in [-0.3, -0.25) is 14.4 Å². The summed E-state index contributed by atoms with van der Waals surface area (Å²) in [4.78, 5) is 35.1. The molecular formula is C24H33ClO8. The van der Waals surface area contributed by atoms with Crippen LogP contribution in [0.1, 0.15) is 53.4 Å². The van der Waals surface area contributed by atoms with Crippen LogP contribution < -0.4 is 0 Å². The Morgan fingerprint density at radius 3 is 2.48 bits per heavy atom. The fourth-order valence-corrected chi connectivity index (χ4v) is 8.35. The first-order chi connectivity index (χ1) is 15.2. The number of esters is 1. The number of alkyl halides is 1. The second-order valence-corrected chi connectivity index (χ2v) is 11.6. The quantitative estimate of drug-likeness (QED) is 0.342. The van der Waals surface area contributed by atoms with Crippen LogP contribution in [0.3, 0.4) is 0 Å². The Morgan fingerprint density at radius 2 is 1.88 bits per heavy atom. The third kappa shape index (κ3) is 2.94. The fraction of sp³-hybridized carbons (Fsp3) is 0.792. The maximum absolute atomic E-state index is 13.2. The van der Waals surface area contributed by atoms with E-state index >= 15 is 0 Å². The summed E-state index contributed by atoms with van der Waals surface area (Å²) in [5.74, 6) is -3.40. The zero-order valence-electron chi connectivity index (χ0n) is 19.4. The molecule has 0 saturated heterocycles. The second-order valence-electron chi connectivity index (χ2n) is 11.0. The van der Waals surface area contributed by atoms with E-state index in [-0.39, 0.29) is 18.6 Å². The van der Waals surface area contributed by atoms with E-state index in [1.54, 1.807) is 13.8 Å². The summed E-state index contributed by atoms with van der Waals surface area (Å²) in [6.45, 7) is 5.80. The Balaban J connectivity index is 1.83. The average molecular weight is 485 g/mol. The minimum absolute atomic E-state index is 0.0239. The summed E-state index contributed by atoms with van der Waals surface area (Å²) < 4.78 is 4.88. The molecule has 3 saturated carbocycles. The number of carbonyl (C=O) groups is 3. The van der Waals surface area contributed by atoms with E-state index in [9.17, 15) is 34.8 Å². The number of ether oxygens (including phenoxy) is 1. The van der Waals surface area contributed by atoms with Crippen molar-refractivity contribution in [3.8, 4) is 0 Å². The highest BCUT2D eigenvalue weighted by atomic mass is 35.5. The predicted molar refractivity (Wildman–Crippen MR) is 117 cm³/mol. The average Bonchev–Trinajstić information content (AvgIpc) is 2.93. The van der Waals surface area contributed by atoms with Crippen molar-refractivity contribution in [1.82, 2.24) is 0 Å². The highest BCUT2D eigenvalue weighted by Crippen LogP contribution is 2.71. The summed E-state index contributed by atoms with van der Waals surface area (Å²) >= 11 is 7.29. The number of fused-ring (bicyclic) bond motifs is 5. The molecule has 4 rings (SSSR count). The van der Waals surface area contributed by atoms with Gasteiger partial charge in [-0.15, -0.1) is 11.6 Å². The number of aliphatic hydroxyl groups excluding tert-OH is 3. The number of aliphatic hydroxyl groups is 4. The Morgan fingerprint density at radius 1 is 1.24 bits per heavy atom. The lowest BCUT2D eigenvalue weighted by atomic mass is 9.43. The minimum Gasteiger partial charge on any atom is -0.458 e. The summed E-state index contributed by atoms with van der Waals surface area (Å²) in [5, 5.41) is 45.6. The van der Waals surface area contributed by atoms with E-state index in [1.807, 2.05) is 6.92 Å². The zero-order valence-corrected chi connectivity index (χ0v) is 20.1. The van der Waals surface area contributed by atoms with Gasteiger partial charge in [-0.2, -0.15) is 0 Å². The Hall–Kier alpha value is -1.32. The maximum Gasteiger partial charge on any atom is 0.303 e. The fourth-order valence-electron chi connectivity index (χ4n) is 7.79. The molecule has 0 bridgehead atoms. The molecule has 184 valence electrons. The molecule has 3 fully saturated rings. The summed E-state index contributed by atoms with van der Waals surface area (Å²) in [5.41, 5.74) is -3.74. The summed E-state index contributed by atoms with van der Waals surface area (Å²) in [7, 11) is 0. The lowest BCUT2D eigenvalue weighted by Crippen LogP contribution is -2.74. The normalized spacial score (nSPS) is 51.2. The first-order valence-electron chi connectivity index (χ1n) is 11.5. The van der Waals surface area contributed by atoms with Gasteiger partial charge in [-0.1, -0.05) is 20.8 Å². The molecule has 0 radical (unpaired) electrons. The molecular weight excluding hydrogens is 452 g/mol. The molecule has 0 heterocycles. The smallest absolute Gasteiger partial charge is 0.303 e. The van der Waals surface area contributed by atoms with Gasteiger partial charge in [0.05, 0.1) is 17.1 Å². The van der Waals surface area contributed by atoms with Crippen molar-refractivity contribution in [2.45, 2.75) is 82.2 Å². The first kappa shape index (κ1) is 24.8.